The first-order valence-electron chi connectivity index (χ1n) is 3.40. The van der Waals surface area contributed by atoms with E-state index in [4.69, 9.17) is 0 Å². The molecule has 0 nitrogen and oxygen atoms in total. The summed E-state index contributed by atoms with van der Waals surface area (Å²) in [6.45, 7) is 6.34. The molecule has 3 heteroatoms. The van der Waals surface area contributed by atoms with Crippen LogP contribution in [0.25, 0.3) is 0 Å². The van der Waals surface area contributed by atoms with Crippen molar-refractivity contribution in [3.05, 3.63) is 28.8 Å². The van der Waals surface area contributed by atoms with E-state index in [1.54, 1.807) is 0 Å². The summed E-state index contributed by atoms with van der Waals surface area (Å²) in [5.41, 5.74) is 3.96. The predicted molar refractivity (Wildman–Crippen MR) is 48.6 cm³/mol. The van der Waals surface area contributed by atoms with Crippen LogP contribution in [0.3, 0.4) is 0 Å². The maximum absolute atomic E-state index is 3.56. The van der Waals surface area contributed by atoms with Crippen LogP contribution in [0.4, 0.5) is 0 Å². The summed E-state index contributed by atoms with van der Waals surface area (Å²) >= 11 is 0. The maximum atomic E-state index is 3.56. The van der Waals surface area contributed by atoms with Gasteiger partial charge in [0.2, 0.25) is 0 Å². The van der Waals surface area contributed by atoms with E-state index >= 15 is 0 Å². The molecule has 0 fully saturated rings. The Morgan fingerprint density at radius 2 is 1.25 bits per heavy atom. The van der Waals surface area contributed by atoms with Crippen molar-refractivity contribution in [2.24, 2.45) is 0 Å². The van der Waals surface area contributed by atoms with Gasteiger partial charge in [-0.25, -0.2) is 5.30 Å². The van der Waals surface area contributed by atoms with Gasteiger partial charge in [0.25, 0.3) is 0 Å². The van der Waals surface area contributed by atoms with Crippen LogP contribution in [0.2, 0.25) is 0 Å². The quantitative estimate of drug-likeness (QED) is 0.275. The van der Waals surface area contributed by atoms with E-state index in [0.29, 0.717) is 0 Å². The Morgan fingerprint density at radius 1 is 0.917 bits per heavy atom. The Kier molecular flexibility index (Phi) is 8.07. The first-order valence-corrected chi connectivity index (χ1v) is 3.90. The molecular formula is C9H12Li2P+. The van der Waals surface area contributed by atoms with Gasteiger partial charge in [0.05, 0.1) is 0 Å². The van der Waals surface area contributed by atoms with E-state index in [9.17, 15) is 0 Å². The zero-order valence-electron chi connectivity index (χ0n) is 8.65. The molecule has 0 saturated carbocycles. The van der Waals surface area contributed by atoms with Crippen LogP contribution < -0.4 is 43.0 Å². The second-order valence-electron chi connectivity index (χ2n) is 2.77. The minimum Gasteiger partial charge on any atom is -0.524 e. The Balaban J connectivity index is 0. The van der Waals surface area contributed by atoms with Crippen LogP contribution in [0, 0.1) is 20.8 Å². The Bertz CT molecular complexity index is 236. The van der Waals surface area contributed by atoms with Gasteiger partial charge in [0.1, 0.15) is 0 Å². The molecule has 0 radical (unpaired) electrons. The van der Waals surface area contributed by atoms with Gasteiger partial charge in [-0.2, -0.15) is 0 Å². The number of hydrogen-bond donors (Lipinski definition) is 0. The number of aryl methyl sites for hydroxylation is 3. The Morgan fingerprint density at radius 3 is 1.58 bits per heavy atom. The van der Waals surface area contributed by atoms with Crippen LogP contribution in [-0.2, 0) is 0 Å². The van der Waals surface area contributed by atoms with Crippen molar-refractivity contribution in [2.45, 2.75) is 20.8 Å². The molecule has 1 aromatic carbocycles. The summed E-state index contributed by atoms with van der Waals surface area (Å²) in [5.74, 6) is 0. The summed E-state index contributed by atoms with van der Waals surface area (Å²) in [6, 6.07) is 4.35. The zero-order chi connectivity index (χ0) is 7.72. The molecule has 1 aromatic rings. The molecule has 0 heterocycles. The summed E-state index contributed by atoms with van der Waals surface area (Å²) in [7, 11) is 3.56. The summed E-state index contributed by atoms with van der Waals surface area (Å²) in [6.07, 6.45) is 0. The topological polar surface area (TPSA) is 0 Å². The van der Waals surface area contributed by atoms with Crippen molar-refractivity contribution < 1.29 is 37.7 Å². The summed E-state index contributed by atoms with van der Waals surface area (Å²) < 4.78 is 0. The van der Waals surface area contributed by atoms with E-state index in [0.717, 1.165) is 0 Å². The van der Waals surface area contributed by atoms with Gasteiger partial charge in [-0.1, -0.05) is 28.8 Å². The van der Waals surface area contributed by atoms with Gasteiger partial charge in [-0.3, -0.25) is 0 Å². The normalized spacial score (nSPS) is 8.33. The fourth-order valence-electron chi connectivity index (χ4n) is 1.18. The molecule has 0 bridgehead atoms. The molecule has 0 N–H and O–H groups in total. The first-order chi connectivity index (χ1) is 4.61. The average molecular weight is 165 g/mol. The summed E-state index contributed by atoms with van der Waals surface area (Å²) in [5, 5.41) is 1.23. The first kappa shape index (κ1) is 15.3. The molecule has 0 spiro atoms. The SMILES string of the molecule is Cc1cc(C)c([PH-])c(C)c1.[Li+].[Li+]. The van der Waals surface area contributed by atoms with E-state index in [-0.39, 0.29) is 37.7 Å². The molecule has 0 aromatic heterocycles. The van der Waals surface area contributed by atoms with Crippen molar-refractivity contribution in [2.75, 3.05) is 0 Å². The molecule has 0 aliphatic heterocycles. The molecular weight excluding hydrogens is 153 g/mol. The third kappa shape index (κ3) is 3.70. The molecule has 54 valence electrons. The van der Waals surface area contributed by atoms with E-state index in [1.807, 2.05) is 0 Å². The minimum atomic E-state index is 0. The average Bonchev–Trinajstić information content (AvgIpc) is 1.82. The van der Waals surface area contributed by atoms with Crippen molar-refractivity contribution in [1.29, 1.82) is 0 Å². The van der Waals surface area contributed by atoms with Crippen LogP contribution in [-0.4, -0.2) is 0 Å². The van der Waals surface area contributed by atoms with E-state index in [2.05, 4.69) is 42.1 Å². The van der Waals surface area contributed by atoms with Crippen LogP contribution >= 0.6 is 9.24 Å². The van der Waals surface area contributed by atoms with Crippen LogP contribution in [0.5, 0.6) is 0 Å². The molecule has 0 atom stereocenters. The van der Waals surface area contributed by atoms with Crippen molar-refractivity contribution >= 4 is 14.5 Å². The van der Waals surface area contributed by atoms with Crippen molar-refractivity contribution in [3.8, 4) is 0 Å². The predicted octanol–water partition coefficient (Wildman–Crippen LogP) is -3.61. The smallest absolute Gasteiger partial charge is 0.524 e. The maximum Gasteiger partial charge on any atom is 1.00 e. The number of benzene rings is 1. The zero-order valence-corrected chi connectivity index (χ0v) is 9.65. The van der Waals surface area contributed by atoms with Gasteiger partial charge >= 0.3 is 37.7 Å². The van der Waals surface area contributed by atoms with Crippen molar-refractivity contribution in [1.82, 2.24) is 0 Å². The number of hydrogen-bond acceptors (Lipinski definition) is 0. The molecule has 0 amide bonds. The minimum absolute atomic E-state index is 0. The molecule has 0 aliphatic carbocycles. The van der Waals surface area contributed by atoms with Crippen molar-refractivity contribution in [3.63, 3.8) is 0 Å². The number of rotatable bonds is 0. The van der Waals surface area contributed by atoms with Crippen LogP contribution in [0.1, 0.15) is 16.7 Å². The van der Waals surface area contributed by atoms with E-state index in [1.165, 1.54) is 22.0 Å². The Hall–Kier alpha value is 0.845. The third-order valence-electron chi connectivity index (χ3n) is 1.68. The van der Waals surface area contributed by atoms with Crippen LogP contribution in [0.15, 0.2) is 12.1 Å². The summed E-state index contributed by atoms with van der Waals surface area (Å²) in [4.78, 5) is 0. The monoisotopic (exact) mass is 165 g/mol. The Labute approximate surface area is 101 Å². The van der Waals surface area contributed by atoms with E-state index < -0.39 is 0 Å². The van der Waals surface area contributed by atoms with Gasteiger partial charge in [0, 0.05) is 0 Å². The molecule has 0 saturated heterocycles. The molecule has 1 rings (SSSR count). The molecule has 0 unspecified atom stereocenters. The van der Waals surface area contributed by atoms with Gasteiger partial charge in [-0.15, -0.1) is 0 Å². The fraction of sp³-hybridized carbons (Fsp3) is 0.333. The molecule has 12 heavy (non-hydrogen) atoms. The second kappa shape index (κ2) is 6.32. The second-order valence-corrected chi connectivity index (χ2v) is 3.27. The third-order valence-corrected chi connectivity index (χ3v) is 2.47. The largest absolute Gasteiger partial charge is 1.00 e. The van der Waals surface area contributed by atoms with Gasteiger partial charge < -0.3 is 9.24 Å². The van der Waals surface area contributed by atoms with Gasteiger partial charge in [0.15, 0.2) is 0 Å². The molecule has 0 aliphatic rings. The standard InChI is InChI=1S/C9H12P.2Li/c1-6-4-7(2)9(10)8(3)5-6;;/h4-5,10H,1-3H3;;/q-1;2*+1. The fourth-order valence-corrected chi connectivity index (χ4v) is 1.32. The van der Waals surface area contributed by atoms with Gasteiger partial charge in [-0.05, 0) is 20.8 Å².